The summed E-state index contributed by atoms with van der Waals surface area (Å²) in [6, 6.07) is 6.22. The monoisotopic (exact) mass is 340 g/mol. The Morgan fingerprint density at radius 2 is 1.92 bits per heavy atom. The summed E-state index contributed by atoms with van der Waals surface area (Å²) < 4.78 is 11.0. The van der Waals surface area contributed by atoms with Crippen LogP contribution in [0.5, 0.6) is 5.75 Å². The highest BCUT2D eigenvalue weighted by Gasteiger charge is 2.44. The Morgan fingerprint density at radius 1 is 1.25 bits per heavy atom. The molecule has 24 heavy (non-hydrogen) atoms. The Balaban J connectivity index is 2.14. The molecule has 0 bridgehead atoms. The SMILES string of the molecule is CCOc1ccc(N[C@@H]2O[C@@H](CO)[C@@H](O)[C@@H](O)[C@H]2NC(C)=O)cc1. The number of aliphatic hydroxyl groups is 3. The number of carbonyl (C=O) groups is 1. The summed E-state index contributed by atoms with van der Waals surface area (Å²) in [6.45, 7) is 3.31. The molecule has 0 spiro atoms. The zero-order valence-electron chi connectivity index (χ0n) is 13.7. The minimum absolute atomic E-state index is 0.365. The lowest BCUT2D eigenvalue weighted by Gasteiger charge is -2.43. The van der Waals surface area contributed by atoms with Gasteiger partial charge in [0.15, 0.2) is 6.23 Å². The summed E-state index contributed by atoms with van der Waals surface area (Å²) in [5.41, 5.74) is 0.680. The fourth-order valence-corrected chi connectivity index (χ4v) is 2.61. The van der Waals surface area contributed by atoms with Crippen molar-refractivity contribution in [3.63, 3.8) is 0 Å². The minimum Gasteiger partial charge on any atom is -0.494 e. The minimum atomic E-state index is -1.30. The van der Waals surface area contributed by atoms with Crippen LogP contribution in [0.1, 0.15) is 13.8 Å². The lowest BCUT2D eigenvalue weighted by atomic mass is 9.95. The molecule has 5 atom stereocenters. The van der Waals surface area contributed by atoms with Gasteiger partial charge in [0.05, 0.1) is 13.2 Å². The van der Waals surface area contributed by atoms with Crippen molar-refractivity contribution in [3.8, 4) is 5.75 Å². The first kappa shape index (κ1) is 18.5. The van der Waals surface area contributed by atoms with Crippen molar-refractivity contribution < 1.29 is 29.6 Å². The van der Waals surface area contributed by atoms with Crippen LogP contribution in [0, 0.1) is 0 Å². The third kappa shape index (κ3) is 4.35. The van der Waals surface area contributed by atoms with Crippen molar-refractivity contribution in [1.29, 1.82) is 0 Å². The first-order valence-corrected chi connectivity index (χ1v) is 7.85. The van der Waals surface area contributed by atoms with E-state index in [1.165, 1.54) is 6.92 Å². The van der Waals surface area contributed by atoms with Gasteiger partial charge in [-0.15, -0.1) is 0 Å². The summed E-state index contributed by atoms with van der Waals surface area (Å²) in [5, 5.41) is 35.1. The Bertz CT molecular complexity index is 538. The van der Waals surface area contributed by atoms with E-state index in [-0.39, 0.29) is 5.91 Å². The first-order valence-electron chi connectivity index (χ1n) is 7.85. The average molecular weight is 340 g/mol. The van der Waals surface area contributed by atoms with E-state index in [9.17, 15) is 20.1 Å². The van der Waals surface area contributed by atoms with Crippen LogP contribution in [0.4, 0.5) is 5.69 Å². The molecular weight excluding hydrogens is 316 g/mol. The first-order chi connectivity index (χ1) is 11.5. The standard InChI is InChI=1S/C16H24N2O6/c1-3-23-11-6-4-10(5-7-11)18-16-13(17-9(2)20)15(22)14(21)12(8-19)24-16/h4-7,12-16,18-19,21-22H,3,8H2,1-2H3,(H,17,20)/t12-,13+,14+,15-,16+/m0/s1. The van der Waals surface area contributed by atoms with E-state index in [1.54, 1.807) is 24.3 Å². The number of hydrogen-bond donors (Lipinski definition) is 5. The largest absolute Gasteiger partial charge is 0.494 e. The molecule has 1 aliphatic rings. The maximum atomic E-state index is 11.4. The second-order valence-corrected chi connectivity index (χ2v) is 5.59. The van der Waals surface area contributed by atoms with Crippen LogP contribution in [0.25, 0.3) is 0 Å². The molecule has 5 N–H and O–H groups in total. The van der Waals surface area contributed by atoms with Crippen LogP contribution < -0.4 is 15.4 Å². The molecule has 0 radical (unpaired) electrons. The number of rotatable bonds is 6. The third-order valence-corrected chi connectivity index (χ3v) is 3.77. The van der Waals surface area contributed by atoms with Crippen LogP contribution in [-0.4, -0.2) is 65.0 Å². The van der Waals surface area contributed by atoms with Crippen molar-refractivity contribution in [3.05, 3.63) is 24.3 Å². The smallest absolute Gasteiger partial charge is 0.217 e. The molecule has 1 aliphatic heterocycles. The van der Waals surface area contributed by atoms with Crippen LogP contribution in [0.15, 0.2) is 24.3 Å². The van der Waals surface area contributed by atoms with Gasteiger partial charge in [0.25, 0.3) is 0 Å². The van der Waals surface area contributed by atoms with E-state index >= 15 is 0 Å². The van der Waals surface area contributed by atoms with Crippen molar-refractivity contribution in [2.24, 2.45) is 0 Å². The van der Waals surface area contributed by atoms with E-state index in [1.807, 2.05) is 6.92 Å². The maximum absolute atomic E-state index is 11.4. The summed E-state index contributed by atoms with van der Waals surface area (Å²) in [7, 11) is 0. The fourth-order valence-electron chi connectivity index (χ4n) is 2.61. The van der Waals surface area contributed by atoms with E-state index in [0.717, 1.165) is 5.75 Å². The number of benzene rings is 1. The Labute approximate surface area is 140 Å². The van der Waals surface area contributed by atoms with Gasteiger partial charge in [-0.3, -0.25) is 4.79 Å². The molecule has 8 nitrogen and oxygen atoms in total. The topological polar surface area (TPSA) is 120 Å². The van der Waals surface area contributed by atoms with Crippen LogP contribution in [0.3, 0.4) is 0 Å². The maximum Gasteiger partial charge on any atom is 0.217 e. The van der Waals surface area contributed by atoms with Gasteiger partial charge >= 0.3 is 0 Å². The van der Waals surface area contributed by atoms with Gasteiger partial charge in [0, 0.05) is 12.6 Å². The number of ether oxygens (including phenoxy) is 2. The van der Waals surface area contributed by atoms with Gasteiger partial charge in [-0.05, 0) is 31.2 Å². The van der Waals surface area contributed by atoms with Crippen molar-refractivity contribution in [2.75, 3.05) is 18.5 Å². The molecule has 0 saturated carbocycles. The Hall–Kier alpha value is -1.87. The highest BCUT2D eigenvalue weighted by Crippen LogP contribution is 2.24. The van der Waals surface area contributed by atoms with Gasteiger partial charge < -0.3 is 35.4 Å². The summed E-state index contributed by atoms with van der Waals surface area (Å²) in [4.78, 5) is 11.4. The molecule has 2 rings (SSSR count). The molecule has 0 aromatic heterocycles. The molecule has 1 saturated heterocycles. The molecule has 0 unspecified atom stereocenters. The van der Waals surface area contributed by atoms with Crippen LogP contribution in [0.2, 0.25) is 0 Å². The summed E-state index contributed by atoms with van der Waals surface area (Å²) >= 11 is 0. The van der Waals surface area contributed by atoms with Gasteiger partial charge in [-0.25, -0.2) is 0 Å². The van der Waals surface area contributed by atoms with Gasteiger partial charge in [-0.1, -0.05) is 0 Å². The number of hydrogen-bond acceptors (Lipinski definition) is 7. The second-order valence-electron chi connectivity index (χ2n) is 5.59. The summed E-state index contributed by atoms with van der Waals surface area (Å²) in [5.74, 6) is 0.352. The number of aliphatic hydroxyl groups excluding tert-OH is 3. The molecule has 0 aliphatic carbocycles. The van der Waals surface area contributed by atoms with Crippen LogP contribution in [-0.2, 0) is 9.53 Å². The Morgan fingerprint density at radius 3 is 2.46 bits per heavy atom. The molecular formula is C16H24N2O6. The van der Waals surface area contributed by atoms with E-state index in [0.29, 0.717) is 12.3 Å². The zero-order valence-corrected chi connectivity index (χ0v) is 13.7. The van der Waals surface area contributed by atoms with Crippen molar-refractivity contribution >= 4 is 11.6 Å². The fraction of sp³-hybridized carbons (Fsp3) is 0.562. The third-order valence-electron chi connectivity index (χ3n) is 3.77. The zero-order chi connectivity index (χ0) is 17.7. The Kier molecular flexibility index (Phi) is 6.38. The molecule has 8 heteroatoms. The van der Waals surface area contributed by atoms with Gasteiger partial charge in [0.1, 0.15) is 30.1 Å². The lowest BCUT2D eigenvalue weighted by molar-refractivity contribution is -0.188. The normalized spacial score (nSPS) is 29.8. The highest BCUT2D eigenvalue weighted by atomic mass is 16.5. The molecule has 134 valence electrons. The number of nitrogens with one attached hydrogen (secondary N) is 2. The lowest BCUT2D eigenvalue weighted by Crippen LogP contribution is -2.65. The van der Waals surface area contributed by atoms with Crippen LogP contribution >= 0.6 is 0 Å². The van der Waals surface area contributed by atoms with Gasteiger partial charge in [0.2, 0.25) is 5.91 Å². The average Bonchev–Trinajstić information content (AvgIpc) is 2.56. The van der Waals surface area contributed by atoms with E-state index in [2.05, 4.69) is 10.6 Å². The number of anilines is 1. The van der Waals surface area contributed by atoms with Crippen molar-refractivity contribution in [1.82, 2.24) is 5.32 Å². The highest BCUT2D eigenvalue weighted by molar-refractivity contribution is 5.73. The molecule has 1 amide bonds. The molecule has 1 aromatic rings. The van der Waals surface area contributed by atoms with Gasteiger partial charge in [-0.2, -0.15) is 0 Å². The molecule has 1 heterocycles. The van der Waals surface area contributed by atoms with E-state index < -0.39 is 37.2 Å². The second kappa shape index (κ2) is 8.29. The summed E-state index contributed by atoms with van der Waals surface area (Å²) in [6.07, 6.45) is -4.35. The predicted molar refractivity (Wildman–Crippen MR) is 86.6 cm³/mol. The number of carbonyl (C=O) groups excluding carboxylic acids is 1. The molecule has 1 aromatic carbocycles. The number of amides is 1. The quantitative estimate of drug-likeness (QED) is 0.471. The molecule has 1 fully saturated rings. The predicted octanol–water partition coefficient (Wildman–Crippen LogP) is -0.559. The van der Waals surface area contributed by atoms with E-state index in [4.69, 9.17) is 9.47 Å². The van der Waals surface area contributed by atoms with Crippen molar-refractivity contribution in [2.45, 2.75) is 44.4 Å².